The molecule has 0 saturated carbocycles. The summed E-state index contributed by atoms with van der Waals surface area (Å²) in [4.78, 5) is 11.9. The van der Waals surface area contributed by atoms with Crippen molar-refractivity contribution in [2.24, 2.45) is 7.05 Å². The number of aryl methyl sites for hydroxylation is 2. The molecule has 2 aromatic rings. The van der Waals surface area contributed by atoms with Gasteiger partial charge < -0.3 is 15.0 Å². The highest BCUT2D eigenvalue weighted by molar-refractivity contribution is 5.97. The van der Waals surface area contributed by atoms with E-state index >= 15 is 0 Å². The van der Waals surface area contributed by atoms with Crippen molar-refractivity contribution < 1.29 is 9.90 Å². The van der Waals surface area contributed by atoms with Gasteiger partial charge in [-0.3, -0.25) is 4.79 Å². The van der Waals surface area contributed by atoms with E-state index in [9.17, 15) is 9.90 Å². The van der Waals surface area contributed by atoms with Gasteiger partial charge in [0.2, 0.25) is 0 Å². The van der Waals surface area contributed by atoms with Crippen LogP contribution in [0.25, 0.3) is 0 Å². The van der Waals surface area contributed by atoms with E-state index in [2.05, 4.69) is 15.5 Å². The van der Waals surface area contributed by atoms with E-state index in [0.29, 0.717) is 18.5 Å². The van der Waals surface area contributed by atoms with Gasteiger partial charge in [0.15, 0.2) is 0 Å². The Bertz CT molecular complexity index is 592. The highest BCUT2D eigenvalue weighted by Crippen LogP contribution is 2.20. The van der Waals surface area contributed by atoms with Crippen LogP contribution in [0.2, 0.25) is 0 Å². The van der Waals surface area contributed by atoms with E-state index < -0.39 is 0 Å². The number of aromatic nitrogens is 3. The number of aromatic hydroxyl groups is 1. The van der Waals surface area contributed by atoms with Crippen LogP contribution < -0.4 is 5.32 Å². The number of amides is 1. The van der Waals surface area contributed by atoms with Crippen molar-refractivity contribution in [2.75, 3.05) is 6.54 Å². The Hall–Kier alpha value is -2.37. The highest BCUT2D eigenvalue weighted by atomic mass is 16.3. The van der Waals surface area contributed by atoms with E-state index in [1.165, 1.54) is 0 Å². The Morgan fingerprint density at radius 1 is 1.47 bits per heavy atom. The number of nitrogens with zero attached hydrogens (tertiary/aromatic N) is 3. The normalized spacial score (nSPS) is 10.4. The van der Waals surface area contributed by atoms with Crippen LogP contribution in [0.1, 0.15) is 21.7 Å². The topological polar surface area (TPSA) is 80.0 Å². The van der Waals surface area contributed by atoms with Crippen LogP contribution in [-0.2, 0) is 13.5 Å². The minimum Gasteiger partial charge on any atom is -0.507 e. The fraction of sp³-hybridized carbons (Fsp3) is 0.308. The van der Waals surface area contributed by atoms with Gasteiger partial charge in [-0.1, -0.05) is 12.1 Å². The Morgan fingerprint density at radius 3 is 2.95 bits per heavy atom. The number of nitrogens with one attached hydrogen (secondary N) is 1. The molecule has 100 valence electrons. The van der Waals surface area contributed by atoms with Crippen molar-refractivity contribution in [2.45, 2.75) is 13.3 Å². The molecule has 6 heteroatoms. The quantitative estimate of drug-likeness (QED) is 0.852. The zero-order valence-corrected chi connectivity index (χ0v) is 10.9. The molecule has 6 nitrogen and oxygen atoms in total. The fourth-order valence-electron chi connectivity index (χ4n) is 1.76. The van der Waals surface area contributed by atoms with Gasteiger partial charge in [0.25, 0.3) is 5.91 Å². The Balaban J connectivity index is 1.95. The lowest BCUT2D eigenvalue weighted by atomic mass is 10.1. The third-order valence-corrected chi connectivity index (χ3v) is 2.92. The van der Waals surface area contributed by atoms with Crippen molar-refractivity contribution in [1.29, 1.82) is 0 Å². The number of phenols is 1. The third-order valence-electron chi connectivity index (χ3n) is 2.92. The number of carbonyl (C=O) groups is 1. The second-order valence-electron chi connectivity index (χ2n) is 4.34. The molecule has 1 aromatic carbocycles. The van der Waals surface area contributed by atoms with Crippen molar-refractivity contribution in [3.05, 3.63) is 41.5 Å². The molecular formula is C13H16N4O2. The molecule has 0 bridgehead atoms. The fourth-order valence-corrected chi connectivity index (χ4v) is 1.76. The molecule has 2 rings (SSSR count). The predicted molar refractivity (Wildman–Crippen MR) is 69.9 cm³/mol. The third kappa shape index (κ3) is 2.90. The summed E-state index contributed by atoms with van der Waals surface area (Å²) in [5.41, 5.74) is 0.971. The van der Waals surface area contributed by atoms with Crippen LogP contribution in [0, 0.1) is 6.92 Å². The molecule has 0 aliphatic heterocycles. The van der Waals surface area contributed by atoms with Crippen molar-refractivity contribution in [3.8, 4) is 5.75 Å². The van der Waals surface area contributed by atoms with Gasteiger partial charge in [0.05, 0.1) is 5.56 Å². The van der Waals surface area contributed by atoms with E-state index in [1.54, 1.807) is 36.0 Å². The number of hydrogen-bond acceptors (Lipinski definition) is 4. The molecule has 0 fully saturated rings. The lowest BCUT2D eigenvalue weighted by Crippen LogP contribution is -2.26. The first-order valence-electron chi connectivity index (χ1n) is 5.99. The van der Waals surface area contributed by atoms with E-state index in [4.69, 9.17) is 0 Å². The molecule has 0 aliphatic carbocycles. The summed E-state index contributed by atoms with van der Waals surface area (Å²) in [7, 11) is 1.85. The molecule has 0 saturated heterocycles. The van der Waals surface area contributed by atoms with Gasteiger partial charge in [0.1, 0.15) is 17.9 Å². The molecule has 2 N–H and O–H groups in total. The van der Waals surface area contributed by atoms with Crippen molar-refractivity contribution in [3.63, 3.8) is 0 Å². The zero-order chi connectivity index (χ0) is 13.8. The largest absolute Gasteiger partial charge is 0.507 e. The Kier molecular flexibility index (Phi) is 3.79. The summed E-state index contributed by atoms with van der Waals surface area (Å²) in [6, 6.07) is 5.10. The molecule has 0 radical (unpaired) electrons. The molecule has 19 heavy (non-hydrogen) atoms. The first-order chi connectivity index (χ1) is 9.09. The maximum atomic E-state index is 11.9. The highest BCUT2D eigenvalue weighted by Gasteiger charge is 2.12. The summed E-state index contributed by atoms with van der Waals surface area (Å²) in [5, 5.41) is 20.3. The smallest absolute Gasteiger partial charge is 0.255 e. The number of rotatable bonds is 4. The predicted octanol–water partition coefficient (Wildman–Crippen LogP) is 0.802. The van der Waals surface area contributed by atoms with Crippen LogP contribution in [0.15, 0.2) is 24.5 Å². The van der Waals surface area contributed by atoms with Crippen molar-refractivity contribution >= 4 is 5.91 Å². The van der Waals surface area contributed by atoms with Gasteiger partial charge in [-0.25, -0.2) is 0 Å². The minimum atomic E-state index is -0.289. The molecule has 0 unspecified atom stereocenters. The lowest BCUT2D eigenvalue weighted by molar-refractivity contribution is 0.0951. The monoisotopic (exact) mass is 260 g/mol. The molecule has 0 aliphatic rings. The molecule has 0 atom stereocenters. The molecule has 1 heterocycles. The number of phenolic OH excluding ortho intramolecular Hbond substituents is 1. The van der Waals surface area contributed by atoms with Gasteiger partial charge in [-0.15, -0.1) is 10.2 Å². The summed E-state index contributed by atoms with van der Waals surface area (Å²) in [5.74, 6) is 0.538. The van der Waals surface area contributed by atoms with E-state index in [1.807, 2.05) is 7.05 Å². The van der Waals surface area contributed by atoms with Gasteiger partial charge >= 0.3 is 0 Å². The molecular weight excluding hydrogens is 244 g/mol. The summed E-state index contributed by atoms with van der Waals surface area (Å²) in [6.07, 6.45) is 2.21. The second kappa shape index (κ2) is 5.51. The Labute approximate surface area is 111 Å². The Morgan fingerprint density at radius 2 is 2.26 bits per heavy atom. The molecule has 1 amide bonds. The van der Waals surface area contributed by atoms with E-state index in [0.717, 1.165) is 5.82 Å². The molecule has 1 aromatic heterocycles. The first-order valence-corrected chi connectivity index (χ1v) is 5.99. The summed E-state index contributed by atoms with van der Waals surface area (Å²) < 4.78 is 1.80. The van der Waals surface area contributed by atoms with E-state index in [-0.39, 0.29) is 17.2 Å². The maximum Gasteiger partial charge on any atom is 0.255 e. The van der Waals surface area contributed by atoms with Crippen LogP contribution >= 0.6 is 0 Å². The second-order valence-corrected chi connectivity index (χ2v) is 4.34. The standard InChI is InChI=1S/C13H16N4O2/c1-9-4-3-5-10(12(9)18)13(19)14-7-6-11-16-15-8-17(11)2/h3-5,8,18H,6-7H2,1-2H3,(H,14,19). The zero-order valence-electron chi connectivity index (χ0n) is 10.9. The minimum absolute atomic E-state index is 0.0265. The number of para-hydroxylation sites is 1. The van der Waals surface area contributed by atoms with Gasteiger partial charge in [-0.05, 0) is 18.6 Å². The van der Waals surface area contributed by atoms with Crippen LogP contribution in [-0.4, -0.2) is 32.3 Å². The number of carbonyl (C=O) groups excluding carboxylic acids is 1. The number of hydrogen-bond donors (Lipinski definition) is 2. The SMILES string of the molecule is Cc1cccc(C(=O)NCCc2nncn2C)c1O. The van der Waals surface area contributed by atoms with Crippen LogP contribution in [0.5, 0.6) is 5.75 Å². The van der Waals surface area contributed by atoms with Crippen LogP contribution in [0.4, 0.5) is 0 Å². The lowest BCUT2D eigenvalue weighted by Gasteiger charge is -2.08. The molecule has 0 spiro atoms. The summed E-state index contributed by atoms with van der Waals surface area (Å²) >= 11 is 0. The van der Waals surface area contributed by atoms with Crippen molar-refractivity contribution in [1.82, 2.24) is 20.1 Å². The average Bonchev–Trinajstić information content (AvgIpc) is 2.78. The maximum absolute atomic E-state index is 11.9. The van der Waals surface area contributed by atoms with Gasteiger partial charge in [0, 0.05) is 20.0 Å². The summed E-state index contributed by atoms with van der Waals surface area (Å²) in [6.45, 7) is 2.20. The first kappa shape index (κ1) is 13.1. The number of benzene rings is 1. The average molecular weight is 260 g/mol. The van der Waals surface area contributed by atoms with Gasteiger partial charge in [-0.2, -0.15) is 0 Å². The van der Waals surface area contributed by atoms with Crippen LogP contribution in [0.3, 0.4) is 0 Å².